The maximum absolute atomic E-state index is 13.2. The number of pyridine rings is 1. The van der Waals surface area contributed by atoms with Crippen LogP contribution in [0.2, 0.25) is 0 Å². The van der Waals surface area contributed by atoms with E-state index >= 15 is 0 Å². The number of carbonyl (C=O) groups is 2. The number of hydrogen-bond donors (Lipinski definition) is 2. The van der Waals surface area contributed by atoms with E-state index in [1.165, 1.54) is 30.5 Å². The number of aromatic nitrogens is 1. The zero-order valence-electron chi connectivity index (χ0n) is 13.7. The van der Waals surface area contributed by atoms with E-state index in [1.807, 2.05) is 0 Å². The summed E-state index contributed by atoms with van der Waals surface area (Å²) in [6, 6.07) is 9.00. The molecule has 2 amide bonds. The molecule has 3 rings (SSSR count). The third kappa shape index (κ3) is 4.02. The van der Waals surface area contributed by atoms with Gasteiger partial charge in [-0.25, -0.2) is 4.39 Å². The quantitative estimate of drug-likeness (QED) is 0.877. The van der Waals surface area contributed by atoms with Crippen LogP contribution in [0, 0.1) is 11.7 Å². The van der Waals surface area contributed by atoms with Gasteiger partial charge in [0, 0.05) is 6.20 Å². The summed E-state index contributed by atoms with van der Waals surface area (Å²) in [7, 11) is 0. The van der Waals surface area contributed by atoms with Crippen LogP contribution < -0.4 is 11.1 Å². The topological polar surface area (TPSA) is 85.1 Å². The van der Waals surface area contributed by atoms with Crippen molar-refractivity contribution in [1.82, 2.24) is 10.3 Å². The average molecular weight is 341 g/mol. The maximum atomic E-state index is 13.2. The lowest BCUT2D eigenvalue weighted by Gasteiger charge is -2.25. The minimum atomic E-state index is -0.588. The molecule has 1 aromatic heterocycles. The van der Waals surface area contributed by atoms with E-state index in [-0.39, 0.29) is 29.0 Å². The number of nitrogens with two attached hydrogens (primary N) is 1. The van der Waals surface area contributed by atoms with Gasteiger partial charge in [-0.05, 0) is 48.6 Å². The van der Waals surface area contributed by atoms with E-state index < -0.39 is 5.91 Å². The molecule has 1 atom stereocenters. The first-order valence-electron chi connectivity index (χ1n) is 8.37. The van der Waals surface area contributed by atoms with Crippen molar-refractivity contribution >= 4 is 11.8 Å². The van der Waals surface area contributed by atoms with E-state index in [9.17, 15) is 14.0 Å². The molecule has 1 fully saturated rings. The molecule has 0 spiro atoms. The first kappa shape index (κ1) is 17.1. The van der Waals surface area contributed by atoms with E-state index in [1.54, 1.807) is 12.1 Å². The normalized spacial score (nSPS) is 15.7. The van der Waals surface area contributed by atoms with E-state index in [4.69, 9.17) is 5.73 Å². The number of amides is 2. The molecule has 1 saturated carbocycles. The molecule has 0 saturated heterocycles. The number of nitrogens with one attached hydrogen (secondary N) is 1. The van der Waals surface area contributed by atoms with Crippen LogP contribution in [0.1, 0.15) is 58.1 Å². The molecule has 2 aromatic rings. The van der Waals surface area contributed by atoms with Crippen molar-refractivity contribution in [2.75, 3.05) is 0 Å². The summed E-state index contributed by atoms with van der Waals surface area (Å²) in [6.07, 6.45) is 5.60. The number of nitrogens with zero attached hydrogens (tertiary/aromatic N) is 1. The van der Waals surface area contributed by atoms with Gasteiger partial charge in [0.2, 0.25) is 5.91 Å². The maximum Gasteiger partial charge on any atom is 0.270 e. The summed E-state index contributed by atoms with van der Waals surface area (Å²) in [6.45, 7) is 0. The number of benzene rings is 1. The van der Waals surface area contributed by atoms with Crippen molar-refractivity contribution < 1.29 is 14.0 Å². The highest BCUT2D eigenvalue weighted by Gasteiger charge is 2.28. The molecular formula is C19H20FN3O2. The standard InChI is InChI=1S/C19H20FN3O2/c20-15-8-5-13(6-9-15)17(12-3-1-2-4-12)23-19(25)16-10-7-14(11-22-16)18(21)24/h5-12,17H,1-4H2,(H2,21,24)(H,23,25). The second-order valence-electron chi connectivity index (χ2n) is 6.34. The van der Waals surface area contributed by atoms with Crippen LogP contribution in [0.15, 0.2) is 42.6 Å². The molecular weight excluding hydrogens is 321 g/mol. The molecule has 1 aromatic carbocycles. The van der Waals surface area contributed by atoms with Crippen molar-refractivity contribution in [2.24, 2.45) is 11.7 Å². The van der Waals surface area contributed by atoms with Crippen LogP contribution in [-0.2, 0) is 0 Å². The van der Waals surface area contributed by atoms with Gasteiger partial charge >= 0.3 is 0 Å². The van der Waals surface area contributed by atoms with Crippen LogP contribution in [0.5, 0.6) is 0 Å². The smallest absolute Gasteiger partial charge is 0.270 e. The fourth-order valence-corrected chi connectivity index (χ4v) is 3.32. The second-order valence-corrected chi connectivity index (χ2v) is 6.34. The number of halogens is 1. The van der Waals surface area contributed by atoms with Crippen molar-refractivity contribution in [1.29, 1.82) is 0 Å². The molecule has 0 bridgehead atoms. The molecule has 6 heteroatoms. The van der Waals surface area contributed by atoms with Crippen LogP contribution in [0.3, 0.4) is 0 Å². The summed E-state index contributed by atoms with van der Waals surface area (Å²) in [5, 5.41) is 3.02. The Hall–Kier alpha value is -2.76. The molecule has 1 unspecified atom stereocenters. The van der Waals surface area contributed by atoms with Crippen LogP contribution in [0.25, 0.3) is 0 Å². The van der Waals surface area contributed by atoms with Gasteiger partial charge in [0.15, 0.2) is 0 Å². The second kappa shape index (κ2) is 7.42. The van der Waals surface area contributed by atoms with E-state index in [2.05, 4.69) is 10.3 Å². The van der Waals surface area contributed by atoms with Gasteiger partial charge in [-0.1, -0.05) is 25.0 Å². The van der Waals surface area contributed by atoms with Crippen molar-refractivity contribution in [3.05, 3.63) is 65.2 Å². The molecule has 1 aliphatic carbocycles. The Morgan fingerprint density at radius 2 is 1.80 bits per heavy atom. The summed E-state index contributed by atoms with van der Waals surface area (Å²) in [5.74, 6) is -0.893. The summed E-state index contributed by atoms with van der Waals surface area (Å²) in [5.41, 5.74) is 6.54. The lowest BCUT2D eigenvalue weighted by molar-refractivity contribution is 0.0914. The van der Waals surface area contributed by atoms with Gasteiger partial charge in [-0.3, -0.25) is 14.6 Å². The molecule has 0 aliphatic heterocycles. The third-order valence-electron chi connectivity index (χ3n) is 4.67. The molecule has 1 aliphatic rings. The van der Waals surface area contributed by atoms with E-state index in [0.717, 1.165) is 31.2 Å². The van der Waals surface area contributed by atoms with Gasteiger partial charge in [0.25, 0.3) is 5.91 Å². The highest BCUT2D eigenvalue weighted by atomic mass is 19.1. The van der Waals surface area contributed by atoms with Gasteiger partial charge in [-0.2, -0.15) is 0 Å². The summed E-state index contributed by atoms with van der Waals surface area (Å²) >= 11 is 0. The lowest BCUT2D eigenvalue weighted by Crippen LogP contribution is -2.33. The van der Waals surface area contributed by atoms with Crippen molar-refractivity contribution in [3.8, 4) is 0 Å². The highest BCUT2D eigenvalue weighted by molar-refractivity contribution is 5.95. The molecule has 0 radical (unpaired) electrons. The largest absolute Gasteiger partial charge is 0.366 e. The van der Waals surface area contributed by atoms with Gasteiger partial charge in [0.05, 0.1) is 11.6 Å². The predicted octanol–water partition coefficient (Wildman–Crippen LogP) is 2.98. The number of primary amides is 1. The first-order chi connectivity index (χ1) is 12.0. The Bertz CT molecular complexity index is 753. The van der Waals surface area contributed by atoms with Gasteiger partial charge < -0.3 is 11.1 Å². The van der Waals surface area contributed by atoms with E-state index in [0.29, 0.717) is 5.92 Å². The lowest BCUT2D eigenvalue weighted by atomic mass is 9.91. The van der Waals surface area contributed by atoms with Crippen LogP contribution in [-0.4, -0.2) is 16.8 Å². The Balaban J connectivity index is 1.80. The Labute approximate surface area is 145 Å². The molecule has 25 heavy (non-hydrogen) atoms. The molecule has 1 heterocycles. The first-order valence-corrected chi connectivity index (χ1v) is 8.37. The number of hydrogen-bond acceptors (Lipinski definition) is 3. The molecule has 130 valence electrons. The summed E-state index contributed by atoms with van der Waals surface area (Å²) in [4.78, 5) is 27.7. The van der Waals surface area contributed by atoms with Crippen LogP contribution >= 0.6 is 0 Å². The number of rotatable bonds is 5. The van der Waals surface area contributed by atoms with Gasteiger partial charge in [-0.15, -0.1) is 0 Å². The summed E-state index contributed by atoms with van der Waals surface area (Å²) < 4.78 is 13.2. The van der Waals surface area contributed by atoms with Crippen molar-refractivity contribution in [3.63, 3.8) is 0 Å². The number of carbonyl (C=O) groups excluding carboxylic acids is 2. The monoisotopic (exact) mass is 341 g/mol. The fourth-order valence-electron chi connectivity index (χ4n) is 3.32. The fraction of sp³-hybridized carbons (Fsp3) is 0.316. The van der Waals surface area contributed by atoms with Gasteiger partial charge in [0.1, 0.15) is 11.5 Å². The Morgan fingerprint density at radius 3 is 2.36 bits per heavy atom. The Morgan fingerprint density at radius 1 is 1.12 bits per heavy atom. The third-order valence-corrected chi connectivity index (χ3v) is 4.67. The molecule has 5 nitrogen and oxygen atoms in total. The molecule has 3 N–H and O–H groups in total. The zero-order chi connectivity index (χ0) is 17.8. The van der Waals surface area contributed by atoms with Crippen molar-refractivity contribution in [2.45, 2.75) is 31.7 Å². The predicted molar refractivity (Wildman–Crippen MR) is 91.3 cm³/mol. The average Bonchev–Trinajstić information content (AvgIpc) is 3.15. The minimum absolute atomic E-state index is 0.187. The van der Waals surface area contributed by atoms with Crippen LogP contribution in [0.4, 0.5) is 4.39 Å². The Kier molecular flexibility index (Phi) is 5.07. The zero-order valence-corrected chi connectivity index (χ0v) is 13.7. The SMILES string of the molecule is NC(=O)c1ccc(C(=O)NC(c2ccc(F)cc2)C2CCCC2)nc1. The highest BCUT2D eigenvalue weighted by Crippen LogP contribution is 2.35. The minimum Gasteiger partial charge on any atom is -0.366 e.